The third-order valence-electron chi connectivity index (χ3n) is 4.31. The molecule has 1 aromatic heterocycles. The largest absolute Gasteiger partial charge is 0.497 e. The fourth-order valence-electron chi connectivity index (χ4n) is 2.74. The number of halogens is 1. The molecule has 2 aromatic carbocycles. The Hall–Kier alpha value is -3.15. The minimum Gasteiger partial charge on any atom is -0.497 e. The van der Waals surface area contributed by atoms with Crippen molar-refractivity contribution in [3.63, 3.8) is 0 Å². The zero-order valence-corrected chi connectivity index (χ0v) is 14.3. The number of amides is 1. The minimum absolute atomic E-state index is 0.154. The van der Waals surface area contributed by atoms with Crippen LogP contribution in [0.4, 0.5) is 4.39 Å². The van der Waals surface area contributed by atoms with Gasteiger partial charge in [-0.1, -0.05) is 12.1 Å². The Labute approximate surface area is 150 Å². The molecule has 0 atom stereocenters. The zero-order valence-electron chi connectivity index (χ0n) is 14.3. The van der Waals surface area contributed by atoms with Crippen molar-refractivity contribution in [3.05, 3.63) is 66.1 Å². The van der Waals surface area contributed by atoms with E-state index in [4.69, 9.17) is 4.74 Å². The molecule has 1 fully saturated rings. The zero-order chi connectivity index (χ0) is 18.1. The van der Waals surface area contributed by atoms with Crippen LogP contribution >= 0.6 is 0 Å². The van der Waals surface area contributed by atoms with Gasteiger partial charge in [-0.05, 0) is 49.2 Å². The third kappa shape index (κ3) is 3.31. The Bertz CT molecular complexity index is 946. The number of nitrogens with zero attached hydrogens (tertiary/aromatic N) is 2. The number of nitrogens with one attached hydrogen (secondary N) is 1. The summed E-state index contributed by atoms with van der Waals surface area (Å²) in [6.45, 7) is 0. The molecule has 0 radical (unpaired) electrons. The normalized spacial score (nSPS) is 13.5. The maximum absolute atomic E-state index is 13.2. The molecule has 132 valence electrons. The van der Waals surface area contributed by atoms with Gasteiger partial charge < -0.3 is 10.1 Å². The topological polar surface area (TPSA) is 56.2 Å². The molecule has 0 saturated heterocycles. The van der Waals surface area contributed by atoms with Crippen molar-refractivity contribution < 1.29 is 13.9 Å². The van der Waals surface area contributed by atoms with E-state index in [9.17, 15) is 9.18 Å². The molecular formula is C20H18FN3O2. The summed E-state index contributed by atoms with van der Waals surface area (Å²) in [7, 11) is 1.59. The highest BCUT2D eigenvalue weighted by molar-refractivity contribution is 6.00. The van der Waals surface area contributed by atoms with Crippen molar-refractivity contribution in [2.45, 2.75) is 18.9 Å². The Morgan fingerprint density at radius 1 is 1.23 bits per heavy atom. The lowest BCUT2D eigenvalue weighted by molar-refractivity contribution is 0.0951. The summed E-state index contributed by atoms with van der Waals surface area (Å²) in [6.07, 6.45) is 3.69. The van der Waals surface area contributed by atoms with Crippen LogP contribution in [0.2, 0.25) is 0 Å². The highest BCUT2D eigenvalue weighted by Crippen LogP contribution is 2.28. The van der Waals surface area contributed by atoms with Gasteiger partial charge in [0.1, 0.15) is 17.3 Å². The summed E-state index contributed by atoms with van der Waals surface area (Å²) in [5, 5.41) is 7.58. The van der Waals surface area contributed by atoms with Crippen molar-refractivity contribution >= 4 is 5.91 Å². The summed E-state index contributed by atoms with van der Waals surface area (Å²) in [6, 6.07) is 13.6. The van der Waals surface area contributed by atoms with Gasteiger partial charge in [0, 0.05) is 17.8 Å². The van der Waals surface area contributed by atoms with Gasteiger partial charge in [-0.25, -0.2) is 9.07 Å². The van der Waals surface area contributed by atoms with Gasteiger partial charge in [-0.15, -0.1) is 0 Å². The van der Waals surface area contributed by atoms with Crippen LogP contribution in [0.3, 0.4) is 0 Å². The van der Waals surface area contributed by atoms with E-state index in [1.807, 2.05) is 24.3 Å². The lowest BCUT2D eigenvalue weighted by Gasteiger charge is -2.05. The average Bonchev–Trinajstić information content (AvgIpc) is 3.36. The van der Waals surface area contributed by atoms with Crippen LogP contribution in [0.15, 0.2) is 54.7 Å². The Balaban J connectivity index is 1.78. The van der Waals surface area contributed by atoms with E-state index in [-0.39, 0.29) is 17.8 Å². The van der Waals surface area contributed by atoms with E-state index >= 15 is 0 Å². The van der Waals surface area contributed by atoms with Crippen molar-refractivity contribution in [2.75, 3.05) is 7.11 Å². The van der Waals surface area contributed by atoms with Crippen molar-refractivity contribution in [2.24, 2.45) is 0 Å². The van der Waals surface area contributed by atoms with Crippen LogP contribution in [0.5, 0.6) is 5.75 Å². The van der Waals surface area contributed by atoms with Crippen LogP contribution in [-0.2, 0) is 0 Å². The predicted octanol–water partition coefficient (Wildman–Crippen LogP) is 3.58. The van der Waals surface area contributed by atoms with E-state index in [0.717, 1.165) is 18.4 Å². The van der Waals surface area contributed by atoms with E-state index < -0.39 is 0 Å². The summed E-state index contributed by atoms with van der Waals surface area (Å²) >= 11 is 0. The molecule has 26 heavy (non-hydrogen) atoms. The van der Waals surface area contributed by atoms with Crippen LogP contribution in [-0.4, -0.2) is 28.8 Å². The van der Waals surface area contributed by atoms with E-state index in [2.05, 4.69) is 10.4 Å². The van der Waals surface area contributed by atoms with Crippen LogP contribution in [0.25, 0.3) is 16.9 Å². The number of carbonyl (C=O) groups is 1. The number of hydrogen-bond donors (Lipinski definition) is 1. The molecule has 1 aliphatic carbocycles. The first kappa shape index (κ1) is 16.3. The smallest absolute Gasteiger partial charge is 0.255 e. The van der Waals surface area contributed by atoms with Crippen LogP contribution in [0.1, 0.15) is 23.2 Å². The molecule has 6 heteroatoms. The molecule has 4 rings (SSSR count). The first-order chi connectivity index (χ1) is 12.6. The second-order valence-electron chi connectivity index (χ2n) is 6.29. The quantitative estimate of drug-likeness (QED) is 0.764. The Morgan fingerprint density at radius 2 is 2.00 bits per heavy atom. The number of benzene rings is 2. The van der Waals surface area contributed by atoms with Gasteiger partial charge in [-0.3, -0.25) is 4.79 Å². The fourth-order valence-corrected chi connectivity index (χ4v) is 2.74. The molecule has 1 amide bonds. The highest BCUT2D eigenvalue weighted by atomic mass is 19.1. The molecule has 1 saturated carbocycles. The van der Waals surface area contributed by atoms with Crippen molar-refractivity contribution in [1.29, 1.82) is 0 Å². The number of hydrogen-bond acceptors (Lipinski definition) is 3. The molecule has 0 spiro atoms. The number of carbonyl (C=O) groups excluding carboxylic acids is 1. The molecular weight excluding hydrogens is 333 g/mol. The van der Waals surface area contributed by atoms with Gasteiger partial charge in [0.25, 0.3) is 5.91 Å². The second-order valence-corrected chi connectivity index (χ2v) is 6.29. The lowest BCUT2D eigenvalue weighted by Crippen LogP contribution is -2.25. The Kier molecular flexibility index (Phi) is 4.16. The highest BCUT2D eigenvalue weighted by Gasteiger charge is 2.26. The standard InChI is InChI=1S/C20H18FN3O2/c1-26-17-4-2-3-13(11-17)19-18(20(25)22-15-7-8-15)12-24(23-19)16-9-5-14(21)6-10-16/h2-6,9-12,15H,7-8H2,1H3,(H,22,25). The molecule has 3 aromatic rings. The first-order valence-electron chi connectivity index (χ1n) is 8.45. The van der Waals surface area contributed by atoms with Crippen molar-refractivity contribution in [1.82, 2.24) is 15.1 Å². The maximum Gasteiger partial charge on any atom is 0.255 e. The molecule has 5 nitrogen and oxygen atoms in total. The van der Waals surface area contributed by atoms with Gasteiger partial charge in [0.2, 0.25) is 0 Å². The second kappa shape index (κ2) is 6.63. The van der Waals surface area contributed by atoms with E-state index in [1.165, 1.54) is 12.1 Å². The van der Waals surface area contributed by atoms with Crippen molar-refractivity contribution in [3.8, 4) is 22.7 Å². The summed E-state index contributed by atoms with van der Waals surface area (Å²) < 4.78 is 20.1. The first-order valence-corrected chi connectivity index (χ1v) is 8.45. The number of aromatic nitrogens is 2. The SMILES string of the molecule is COc1cccc(-c2nn(-c3ccc(F)cc3)cc2C(=O)NC2CC2)c1. The molecule has 1 heterocycles. The summed E-state index contributed by atoms with van der Waals surface area (Å²) in [5.41, 5.74) is 2.51. The molecule has 1 aliphatic rings. The van der Waals surface area contributed by atoms with Crippen LogP contribution < -0.4 is 10.1 Å². The monoisotopic (exact) mass is 351 g/mol. The van der Waals surface area contributed by atoms with Gasteiger partial charge in [0.15, 0.2) is 0 Å². The van der Waals surface area contributed by atoms with Gasteiger partial charge >= 0.3 is 0 Å². The molecule has 1 N–H and O–H groups in total. The average molecular weight is 351 g/mol. The Morgan fingerprint density at radius 3 is 2.69 bits per heavy atom. The van der Waals surface area contributed by atoms with Gasteiger partial charge in [0.05, 0.1) is 18.4 Å². The summed E-state index contributed by atoms with van der Waals surface area (Å²) in [4.78, 5) is 12.7. The lowest BCUT2D eigenvalue weighted by atomic mass is 10.1. The number of methoxy groups -OCH3 is 1. The van der Waals surface area contributed by atoms with E-state index in [0.29, 0.717) is 22.7 Å². The predicted molar refractivity (Wildman–Crippen MR) is 96.0 cm³/mol. The molecule has 0 unspecified atom stereocenters. The number of rotatable bonds is 5. The van der Waals surface area contributed by atoms with Crippen LogP contribution in [0, 0.1) is 5.82 Å². The maximum atomic E-state index is 13.2. The summed E-state index contributed by atoms with van der Waals surface area (Å²) in [5.74, 6) is 0.215. The van der Waals surface area contributed by atoms with E-state index in [1.54, 1.807) is 30.1 Å². The molecule has 0 bridgehead atoms. The fraction of sp³-hybridized carbons (Fsp3) is 0.200. The van der Waals surface area contributed by atoms with Gasteiger partial charge in [-0.2, -0.15) is 5.10 Å². The molecule has 0 aliphatic heterocycles. The number of ether oxygens (including phenoxy) is 1. The third-order valence-corrected chi connectivity index (χ3v) is 4.31. The minimum atomic E-state index is -0.319.